The maximum Gasteiger partial charge on any atom is 0.163 e. The van der Waals surface area contributed by atoms with Crippen molar-refractivity contribution >= 4 is 5.78 Å². The molecule has 0 spiro atoms. The van der Waals surface area contributed by atoms with Crippen LogP contribution in [0.1, 0.15) is 36.5 Å². The second-order valence-corrected chi connectivity index (χ2v) is 3.90. The number of hydrogen-bond acceptors (Lipinski definition) is 3. The first-order chi connectivity index (χ1) is 8.27. The zero-order valence-electron chi connectivity index (χ0n) is 10.6. The van der Waals surface area contributed by atoms with Crippen LogP contribution < -0.4 is 4.74 Å². The van der Waals surface area contributed by atoms with Gasteiger partial charge in [-0.1, -0.05) is 19.1 Å². The number of rotatable bonds is 8. The van der Waals surface area contributed by atoms with Gasteiger partial charge in [0, 0.05) is 25.7 Å². The first-order valence-electron chi connectivity index (χ1n) is 6.03. The molecule has 0 saturated carbocycles. The summed E-state index contributed by atoms with van der Waals surface area (Å²) in [6.07, 6.45) is 2.24. The highest BCUT2D eigenvalue weighted by Gasteiger charge is 2.06. The monoisotopic (exact) mass is 236 g/mol. The summed E-state index contributed by atoms with van der Waals surface area (Å²) in [6, 6.07) is 7.37. The van der Waals surface area contributed by atoms with Crippen molar-refractivity contribution in [3.63, 3.8) is 0 Å². The predicted octanol–water partition coefficient (Wildman–Crippen LogP) is 3.08. The molecule has 1 aromatic carbocycles. The van der Waals surface area contributed by atoms with Crippen molar-refractivity contribution in [1.29, 1.82) is 0 Å². The van der Waals surface area contributed by atoms with Crippen molar-refractivity contribution in [3.05, 3.63) is 29.8 Å². The molecule has 0 aromatic heterocycles. The van der Waals surface area contributed by atoms with E-state index in [2.05, 4.69) is 6.92 Å². The first kappa shape index (κ1) is 13.7. The smallest absolute Gasteiger partial charge is 0.163 e. The minimum Gasteiger partial charge on any atom is -0.494 e. The highest BCUT2D eigenvalue weighted by molar-refractivity contribution is 5.96. The number of benzene rings is 1. The first-order valence-corrected chi connectivity index (χ1v) is 6.03. The Hall–Kier alpha value is -1.35. The van der Waals surface area contributed by atoms with Crippen LogP contribution in [0.15, 0.2) is 24.3 Å². The van der Waals surface area contributed by atoms with E-state index in [0.29, 0.717) is 19.6 Å². The molecule has 0 atom stereocenters. The van der Waals surface area contributed by atoms with Crippen molar-refractivity contribution in [3.8, 4) is 5.75 Å². The Labute approximate surface area is 103 Å². The second-order valence-electron chi connectivity index (χ2n) is 3.90. The highest BCUT2D eigenvalue weighted by Crippen LogP contribution is 2.15. The summed E-state index contributed by atoms with van der Waals surface area (Å²) in [7, 11) is 1.64. The molecule has 1 aromatic rings. The minimum atomic E-state index is 0.143. The van der Waals surface area contributed by atoms with Crippen LogP contribution in [0.3, 0.4) is 0 Å². The lowest BCUT2D eigenvalue weighted by molar-refractivity contribution is 0.0963. The van der Waals surface area contributed by atoms with E-state index in [-0.39, 0.29) is 5.78 Å². The Morgan fingerprint density at radius 3 is 2.82 bits per heavy atom. The topological polar surface area (TPSA) is 35.5 Å². The van der Waals surface area contributed by atoms with Gasteiger partial charge in [-0.15, -0.1) is 0 Å². The molecule has 0 radical (unpaired) electrons. The fourth-order valence-electron chi connectivity index (χ4n) is 1.50. The van der Waals surface area contributed by atoms with Gasteiger partial charge >= 0.3 is 0 Å². The van der Waals surface area contributed by atoms with Gasteiger partial charge in [0.05, 0.1) is 6.61 Å². The van der Waals surface area contributed by atoms with Gasteiger partial charge in [-0.05, 0) is 25.0 Å². The molecule has 94 valence electrons. The van der Waals surface area contributed by atoms with Crippen molar-refractivity contribution < 1.29 is 14.3 Å². The standard InChI is InChI=1S/C14H20O3/c1-3-9-17-13-7-4-6-12(11-13)14(15)8-5-10-16-2/h4,6-7,11H,3,5,8-10H2,1-2H3. The average Bonchev–Trinajstić information content (AvgIpc) is 2.37. The summed E-state index contributed by atoms with van der Waals surface area (Å²) >= 11 is 0. The summed E-state index contributed by atoms with van der Waals surface area (Å²) in [5, 5.41) is 0. The molecule has 3 nitrogen and oxygen atoms in total. The number of carbonyl (C=O) groups excluding carboxylic acids is 1. The Kier molecular flexibility index (Phi) is 6.33. The third-order valence-electron chi connectivity index (χ3n) is 2.38. The Morgan fingerprint density at radius 2 is 2.12 bits per heavy atom. The van der Waals surface area contributed by atoms with Gasteiger partial charge in [0.15, 0.2) is 5.78 Å². The van der Waals surface area contributed by atoms with E-state index in [9.17, 15) is 4.79 Å². The van der Waals surface area contributed by atoms with E-state index in [1.807, 2.05) is 24.3 Å². The maximum absolute atomic E-state index is 11.8. The highest BCUT2D eigenvalue weighted by atomic mass is 16.5. The molecule has 0 aliphatic heterocycles. The largest absolute Gasteiger partial charge is 0.494 e. The zero-order chi connectivity index (χ0) is 12.5. The van der Waals surface area contributed by atoms with Crippen LogP contribution in [0.5, 0.6) is 5.75 Å². The molecule has 0 N–H and O–H groups in total. The van der Waals surface area contributed by atoms with Crippen LogP contribution in [-0.2, 0) is 4.74 Å². The summed E-state index contributed by atoms with van der Waals surface area (Å²) in [6.45, 7) is 3.36. The lowest BCUT2D eigenvalue weighted by Crippen LogP contribution is -2.02. The molecule has 0 fully saturated rings. The third-order valence-corrected chi connectivity index (χ3v) is 2.38. The van der Waals surface area contributed by atoms with Gasteiger partial charge in [-0.2, -0.15) is 0 Å². The number of ether oxygens (including phenoxy) is 2. The lowest BCUT2D eigenvalue weighted by Gasteiger charge is -2.06. The SMILES string of the molecule is CCCOc1cccc(C(=O)CCCOC)c1. The van der Waals surface area contributed by atoms with Crippen LogP contribution in [0.2, 0.25) is 0 Å². The predicted molar refractivity (Wildman–Crippen MR) is 67.7 cm³/mol. The Morgan fingerprint density at radius 1 is 1.29 bits per heavy atom. The van der Waals surface area contributed by atoms with Gasteiger partial charge in [0.1, 0.15) is 5.75 Å². The van der Waals surface area contributed by atoms with Gasteiger partial charge < -0.3 is 9.47 Å². The fourth-order valence-corrected chi connectivity index (χ4v) is 1.50. The lowest BCUT2D eigenvalue weighted by atomic mass is 10.1. The van der Waals surface area contributed by atoms with Gasteiger partial charge in [-0.3, -0.25) is 4.79 Å². The molecular formula is C14H20O3. The third kappa shape index (κ3) is 5.00. The van der Waals surface area contributed by atoms with E-state index >= 15 is 0 Å². The molecule has 0 aliphatic carbocycles. The average molecular weight is 236 g/mol. The fraction of sp³-hybridized carbons (Fsp3) is 0.500. The van der Waals surface area contributed by atoms with Crippen molar-refractivity contribution in [2.45, 2.75) is 26.2 Å². The Bertz CT molecular complexity index is 347. The molecule has 0 aliphatic rings. The van der Waals surface area contributed by atoms with E-state index in [1.54, 1.807) is 7.11 Å². The van der Waals surface area contributed by atoms with Crippen LogP contribution in [0.4, 0.5) is 0 Å². The van der Waals surface area contributed by atoms with E-state index < -0.39 is 0 Å². The molecule has 0 saturated heterocycles. The molecule has 1 rings (SSSR count). The molecular weight excluding hydrogens is 216 g/mol. The van der Waals surface area contributed by atoms with E-state index in [1.165, 1.54) is 0 Å². The second kappa shape index (κ2) is 7.85. The quantitative estimate of drug-likeness (QED) is 0.514. The van der Waals surface area contributed by atoms with Crippen LogP contribution in [0, 0.1) is 0 Å². The molecule has 0 heterocycles. The zero-order valence-corrected chi connectivity index (χ0v) is 10.6. The van der Waals surface area contributed by atoms with Gasteiger partial charge in [-0.25, -0.2) is 0 Å². The molecule has 17 heavy (non-hydrogen) atoms. The van der Waals surface area contributed by atoms with Crippen molar-refractivity contribution in [1.82, 2.24) is 0 Å². The maximum atomic E-state index is 11.8. The van der Waals surface area contributed by atoms with Crippen LogP contribution in [-0.4, -0.2) is 26.1 Å². The number of Topliss-reactive ketones (excluding diaryl/α,β-unsaturated/α-hetero) is 1. The van der Waals surface area contributed by atoms with Crippen molar-refractivity contribution in [2.75, 3.05) is 20.3 Å². The molecule has 0 amide bonds. The number of methoxy groups -OCH3 is 1. The summed E-state index contributed by atoms with van der Waals surface area (Å²) in [5.74, 6) is 0.911. The Balaban J connectivity index is 2.54. The normalized spacial score (nSPS) is 10.2. The van der Waals surface area contributed by atoms with Crippen molar-refractivity contribution in [2.24, 2.45) is 0 Å². The number of hydrogen-bond donors (Lipinski definition) is 0. The van der Waals surface area contributed by atoms with E-state index in [0.717, 1.165) is 24.2 Å². The van der Waals surface area contributed by atoms with E-state index in [4.69, 9.17) is 9.47 Å². The summed E-state index contributed by atoms with van der Waals surface area (Å²) in [5.41, 5.74) is 0.717. The minimum absolute atomic E-state index is 0.143. The van der Waals surface area contributed by atoms with Gasteiger partial charge in [0.25, 0.3) is 0 Å². The molecule has 0 bridgehead atoms. The molecule has 3 heteroatoms. The van der Waals surface area contributed by atoms with Gasteiger partial charge in [0.2, 0.25) is 0 Å². The summed E-state index contributed by atoms with van der Waals surface area (Å²) in [4.78, 5) is 11.8. The van der Waals surface area contributed by atoms with Crippen LogP contribution >= 0.6 is 0 Å². The number of carbonyl (C=O) groups is 1. The molecule has 0 unspecified atom stereocenters. The van der Waals surface area contributed by atoms with Crippen LogP contribution in [0.25, 0.3) is 0 Å². The number of ketones is 1. The summed E-state index contributed by atoms with van der Waals surface area (Å²) < 4.78 is 10.4.